The minimum atomic E-state index is -0.498. The van der Waals surface area contributed by atoms with Crippen molar-refractivity contribution in [2.45, 2.75) is 18.9 Å². The number of tetrazole rings is 1. The fourth-order valence-electron chi connectivity index (χ4n) is 3.70. The lowest BCUT2D eigenvalue weighted by molar-refractivity contribution is -0.124. The molecule has 0 aliphatic carbocycles. The number of hydrogen-bond donors (Lipinski definition) is 1. The molecule has 0 bridgehead atoms. The van der Waals surface area contributed by atoms with Crippen LogP contribution < -0.4 is 10.2 Å². The van der Waals surface area contributed by atoms with Gasteiger partial charge in [0.25, 0.3) is 0 Å². The molecule has 2 atom stereocenters. The third-order valence-corrected chi connectivity index (χ3v) is 5.30. The maximum atomic E-state index is 13.1. The van der Waals surface area contributed by atoms with E-state index in [1.165, 1.54) is 23.1 Å². The van der Waals surface area contributed by atoms with E-state index in [1.807, 2.05) is 30.3 Å². The van der Waals surface area contributed by atoms with Crippen LogP contribution in [0.15, 0.2) is 60.9 Å². The Balaban J connectivity index is 1.35. The summed E-state index contributed by atoms with van der Waals surface area (Å²) in [7, 11) is 0. The fraction of sp³-hybridized carbons (Fsp3) is 0.333. The van der Waals surface area contributed by atoms with E-state index < -0.39 is 6.04 Å². The molecule has 2 heterocycles. The van der Waals surface area contributed by atoms with Gasteiger partial charge in [0.05, 0.1) is 0 Å². The van der Waals surface area contributed by atoms with Crippen LogP contribution in [0.1, 0.15) is 18.0 Å². The summed E-state index contributed by atoms with van der Waals surface area (Å²) in [5.41, 5.74) is 2.06. The van der Waals surface area contributed by atoms with E-state index >= 15 is 0 Å². The van der Waals surface area contributed by atoms with Crippen LogP contribution in [0.4, 0.5) is 10.1 Å². The first-order chi connectivity index (χ1) is 14.2. The van der Waals surface area contributed by atoms with Gasteiger partial charge in [-0.3, -0.25) is 4.79 Å². The molecule has 29 heavy (non-hydrogen) atoms. The van der Waals surface area contributed by atoms with Crippen molar-refractivity contribution in [3.8, 4) is 0 Å². The highest BCUT2D eigenvalue weighted by Gasteiger charge is 2.26. The van der Waals surface area contributed by atoms with Gasteiger partial charge in [0.15, 0.2) is 0 Å². The summed E-state index contributed by atoms with van der Waals surface area (Å²) in [6.07, 6.45) is 2.97. The van der Waals surface area contributed by atoms with Gasteiger partial charge in [-0.05, 0) is 52.6 Å². The Labute approximate surface area is 168 Å². The summed E-state index contributed by atoms with van der Waals surface area (Å²) in [6, 6.07) is 15.9. The highest BCUT2D eigenvalue weighted by atomic mass is 19.1. The number of rotatable bonds is 7. The molecule has 1 fully saturated rings. The molecule has 1 saturated heterocycles. The molecular weight excluding hydrogens is 371 g/mol. The minimum Gasteiger partial charge on any atom is -0.371 e. The third kappa shape index (κ3) is 4.77. The fourth-order valence-corrected chi connectivity index (χ4v) is 3.70. The Morgan fingerprint density at radius 1 is 1.17 bits per heavy atom. The second kappa shape index (κ2) is 8.81. The largest absolute Gasteiger partial charge is 0.371 e. The van der Waals surface area contributed by atoms with Crippen LogP contribution in [-0.2, 0) is 11.2 Å². The van der Waals surface area contributed by atoms with E-state index in [0.717, 1.165) is 30.8 Å². The molecule has 1 aromatic heterocycles. The summed E-state index contributed by atoms with van der Waals surface area (Å²) in [5, 5.41) is 14.3. The van der Waals surface area contributed by atoms with Crippen molar-refractivity contribution in [1.82, 2.24) is 25.5 Å². The van der Waals surface area contributed by atoms with E-state index in [2.05, 4.69) is 25.7 Å². The van der Waals surface area contributed by atoms with Crippen LogP contribution in [0.25, 0.3) is 0 Å². The Bertz CT molecular complexity index is 916. The van der Waals surface area contributed by atoms with Crippen molar-refractivity contribution in [2.75, 3.05) is 24.5 Å². The molecule has 1 aliphatic rings. The lowest BCUT2D eigenvalue weighted by atomic mass is 10.0. The maximum absolute atomic E-state index is 13.1. The molecule has 1 N–H and O–H groups in total. The number of aromatic nitrogens is 4. The highest BCUT2D eigenvalue weighted by molar-refractivity contribution is 5.80. The van der Waals surface area contributed by atoms with Gasteiger partial charge in [-0.2, -0.15) is 0 Å². The van der Waals surface area contributed by atoms with Gasteiger partial charge >= 0.3 is 0 Å². The monoisotopic (exact) mass is 394 g/mol. The molecule has 0 spiro atoms. The van der Waals surface area contributed by atoms with Gasteiger partial charge < -0.3 is 10.2 Å². The van der Waals surface area contributed by atoms with Gasteiger partial charge in [-0.25, -0.2) is 9.07 Å². The number of anilines is 1. The molecule has 2 aromatic carbocycles. The molecule has 2 unspecified atom stereocenters. The highest BCUT2D eigenvalue weighted by Crippen LogP contribution is 2.24. The van der Waals surface area contributed by atoms with Crippen molar-refractivity contribution < 1.29 is 9.18 Å². The Kier molecular flexibility index (Phi) is 5.79. The molecule has 1 aliphatic heterocycles. The van der Waals surface area contributed by atoms with E-state index in [-0.39, 0.29) is 11.7 Å². The first kappa shape index (κ1) is 19.0. The molecule has 4 rings (SSSR count). The molecule has 150 valence electrons. The summed E-state index contributed by atoms with van der Waals surface area (Å²) >= 11 is 0. The van der Waals surface area contributed by atoms with Crippen LogP contribution in [0.3, 0.4) is 0 Å². The zero-order valence-corrected chi connectivity index (χ0v) is 16.0. The van der Waals surface area contributed by atoms with Gasteiger partial charge in [0, 0.05) is 31.7 Å². The van der Waals surface area contributed by atoms with Crippen molar-refractivity contribution in [1.29, 1.82) is 0 Å². The molecule has 1 amide bonds. The quantitative estimate of drug-likeness (QED) is 0.665. The molecule has 3 aromatic rings. The van der Waals surface area contributed by atoms with Crippen LogP contribution in [-0.4, -0.2) is 45.7 Å². The van der Waals surface area contributed by atoms with Crippen LogP contribution >= 0.6 is 0 Å². The lowest BCUT2D eigenvalue weighted by Gasteiger charge is -2.20. The van der Waals surface area contributed by atoms with E-state index in [0.29, 0.717) is 18.9 Å². The number of amides is 1. The number of carbonyl (C=O) groups is 1. The molecule has 0 radical (unpaired) electrons. The second-order valence-electron chi connectivity index (χ2n) is 7.32. The van der Waals surface area contributed by atoms with Gasteiger partial charge in [-0.1, -0.05) is 30.3 Å². The van der Waals surface area contributed by atoms with E-state index in [4.69, 9.17) is 0 Å². The summed E-state index contributed by atoms with van der Waals surface area (Å²) in [5.74, 6) is 0.0143. The van der Waals surface area contributed by atoms with Crippen molar-refractivity contribution in [2.24, 2.45) is 5.92 Å². The van der Waals surface area contributed by atoms with Gasteiger partial charge in [-0.15, -0.1) is 5.10 Å². The Morgan fingerprint density at radius 2 is 1.97 bits per heavy atom. The van der Waals surface area contributed by atoms with E-state index in [1.54, 1.807) is 12.1 Å². The van der Waals surface area contributed by atoms with Gasteiger partial charge in [0.2, 0.25) is 5.91 Å². The first-order valence-corrected chi connectivity index (χ1v) is 9.73. The Morgan fingerprint density at radius 3 is 2.69 bits per heavy atom. The molecule has 8 heteroatoms. The topological polar surface area (TPSA) is 75.9 Å². The third-order valence-electron chi connectivity index (χ3n) is 5.30. The standard InChI is InChI=1S/C21H23FN6O/c22-18-6-8-19(9-7-18)27-11-10-17(14-27)13-23-21(29)20(28-15-24-25-26-28)12-16-4-2-1-3-5-16/h1-9,15,17,20H,10-14H2,(H,23,29). The summed E-state index contributed by atoms with van der Waals surface area (Å²) < 4.78 is 14.6. The zero-order chi connectivity index (χ0) is 20.1. The smallest absolute Gasteiger partial charge is 0.245 e. The zero-order valence-electron chi connectivity index (χ0n) is 16.0. The normalized spacial score (nSPS) is 17.3. The van der Waals surface area contributed by atoms with Crippen LogP contribution in [0.2, 0.25) is 0 Å². The summed E-state index contributed by atoms with van der Waals surface area (Å²) in [4.78, 5) is 15.1. The lowest BCUT2D eigenvalue weighted by Crippen LogP contribution is -2.37. The number of hydrogen-bond acceptors (Lipinski definition) is 5. The number of benzene rings is 2. The van der Waals surface area contributed by atoms with Crippen LogP contribution in [0.5, 0.6) is 0 Å². The average molecular weight is 394 g/mol. The van der Waals surface area contributed by atoms with E-state index in [9.17, 15) is 9.18 Å². The molecule has 7 nitrogen and oxygen atoms in total. The number of nitrogens with one attached hydrogen (secondary N) is 1. The number of carbonyl (C=O) groups excluding carboxylic acids is 1. The summed E-state index contributed by atoms with van der Waals surface area (Å²) in [6.45, 7) is 2.32. The average Bonchev–Trinajstić information content (AvgIpc) is 3.44. The van der Waals surface area contributed by atoms with Crippen molar-refractivity contribution in [3.63, 3.8) is 0 Å². The van der Waals surface area contributed by atoms with Crippen molar-refractivity contribution in [3.05, 3.63) is 72.3 Å². The predicted molar refractivity (Wildman–Crippen MR) is 107 cm³/mol. The minimum absolute atomic E-state index is 0.0959. The SMILES string of the molecule is O=C(NCC1CCN(c2ccc(F)cc2)C1)C(Cc1ccccc1)n1cnnn1. The van der Waals surface area contributed by atoms with Crippen LogP contribution in [0, 0.1) is 11.7 Å². The second-order valence-corrected chi connectivity index (χ2v) is 7.32. The predicted octanol–water partition coefficient (Wildman–Crippen LogP) is 2.24. The van der Waals surface area contributed by atoms with Gasteiger partial charge in [0.1, 0.15) is 18.2 Å². The number of nitrogens with zero attached hydrogens (tertiary/aromatic N) is 5. The first-order valence-electron chi connectivity index (χ1n) is 9.73. The Hall–Kier alpha value is -3.29. The maximum Gasteiger partial charge on any atom is 0.245 e. The molecular formula is C21H23FN6O. The van der Waals surface area contributed by atoms with Crippen molar-refractivity contribution >= 4 is 11.6 Å². The molecule has 0 saturated carbocycles. The number of halogens is 1.